The zero-order valence-electron chi connectivity index (χ0n) is 15.8. The molecule has 3 heterocycles. The van der Waals surface area contributed by atoms with Gasteiger partial charge in [0, 0.05) is 6.54 Å². The van der Waals surface area contributed by atoms with E-state index in [0.29, 0.717) is 16.8 Å². The third kappa shape index (κ3) is 3.35. The number of carbonyl (C=O) groups is 1. The summed E-state index contributed by atoms with van der Waals surface area (Å²) in [6.07, 6.45) is 0. The molecule has 1 N–H and O–H groups in total. The van der Waals surface area contributed by atoms with Gasteiger partial charge in [0.1, 0.15) is 17.1 Å². The largest absolute Gasteiger partial charge is 0.352 e. The lowest BCUT2D eigenvalue weighted by molar-refractivity contribution is -0.117. The Morgan fingerprint density at radius 3 is 2.72 bits per heavy atom. The minimum Gasteiger partial charge on any atom is -0.322 e. The molecule has 1 aromatic carbocycles. The van der Waals surface area contributed by atoms with Crippen molar-refractivity contribution in [1.82, 2.24) is 18.7 Å². The van der Waals surface area contributed by atoms with Crippen LogP contribution >= 0.6 is 11.3 Å². The number of rotatable bonds is 5. The molecular weight excluding hydrogens is 397 g/mol. The van der Waals surface area contributed by atoms with Gasteiger partial charge in [-0.3, -0.25) is 14.2 Å². The molecule has 1 amide bonds. The summed E-state index contributed by atoms with van der Waals surface area (Å²) in [5.41, 5.74) is -0.277. The second-order valence-electron chi connectivity index (χ2n) is 7.05. The summed E-state index contributed by atoms with van der Waals surface area (Å²) in [7, 11) is 0. The maximum Gasteiger partial charge on any atom is 0.352 e. The van der Waals surface area contributed by atoms with Crippen molar-refractivity contribution in [3.63, 3.8) is 0 Å². The van der Waals surface area contributed by atoms with Crippen LogP contribution in [0.4, 0.5) is 10.1 Å². The van der Waals surface area contributed by atoms with Crippen LogP contribution in [0.25, 0.3) is 16.0 Å². The number of carbonyl (C=O) groups excluding carboxylic acids is 1. The van der Waals surface area contributed by atoms with Crippen molar-refractivity contribution in [2.45, 2.75) is 26.9 Å². The first-order valence-corrected chi connectivity index (χ1v) is 9.88. The van der Waals surface area contributed by atoms with Crippen LogP contribution in [0, 0.1) is 11.7 Å². The Bertz CT molecular complexity index is 1350. The Balaban J connectivity index is 1.79. The van der Waals surface area contributed by atoms with E-state index in [4.69, 9.17) is 0 Å². The average molecular weight is 415 g/mol. The lowest BCUT2D eigenvalue weighted by atomic mass is 10.2. The quantitative estimate of drug-likeness (QED) is 0.542. The number of aromatic nitrogens is 4. The number of anilines is 1. The number of hydrogen-bond donors (Lipinski definition) is 1. The van der Waals surface area contributed by atoms with Gasteiger partial charge < -0.3 is 5.32 Å². The molecule has 0 bridgehead atoms. The highest BCUT2D eigenvalue weighted by molar-refractivity contribution is 7.17. The van der Waals surface area contributed by atoms with E-state index in [1.807, 2.05) is 13.8 Å². The molecule has 0 saturated heterocycles. The van der Waals surface area contributed by atoms with Crippen LogP contribution in [0.3, 0.4) is 0 Å². The summed E-state index contributed by atoms with van der Waals surface area (Å²) >= 11 is 1.25. The number of hydrogen-bond acceptors (Lipinski definition) is 5. The van der Waals surface area contributed by atoms with Crippen LogP contribution in [-0.2, 0) is 17.9 Å². The number of para-hydroxylation sites is 1. The molecule has 3 aromatic heterocycles. The summed E-state index contributed by atoms with van der Waals surface area (Å²) in [4.78, 5) is 38.1. The lowest BCUT2D eigenvalue weighted by Crippen LogP contribution is -2.29. The van der Waals surface area contributed by atoms with Gasteiger partial charge in [-0.1, -0.05) is 26.0 Å². The Morgan fingerprint density at radius 1 is 1.24 bits per heavy atom. The summed E-state index contributed by atoms with van der Waals surface area (Å²) in [6, 6.07) is 7.44. The Kier molecular flexibility index (Phi) is 4.79. The van der Waals surface area contributed by atoms with Gasteiger partial charge in [0.15, 0.2) is 0 Å². The molecule has 10 heteroatoms. The van der Waals surface area contributed by atoms with E-state index in [9.17, 15) is 18.8 Å². The average Bonchev–Trinajstić information content (AvgIpc) is 3.26. The molecule has 0 aliphatic heterocycles. The summed E-state index contributed by atoms with van der Waals surface area (Å²) in [5.74, 6) is -0.842. The first kappa shape index (κ1) is 19.1. The van der Waals surface area contributed by atoms with Gasteiger partial charge in [-0.2, -0.15) is 0 Å². The standard InChI is InChI=1S/C19H18FN5O3S/c1-11(2)9-23-17(27)16-14(7-8-29-16)25-18(23)22-24(19(25)28)10-15(26)21-13-6-4-3-5-12(13)20/h3-8,11H,9-10H2,1-2H3,(H,21,26). The third-order valence-electron chi connectivity index (χ3n) is 4.38. The number of amides is 1. The van der Waals surface area contributed by atoms with Crippen LogP contribution in [0.1, 0.15) is 13.8 Å². The van der Waals surface area contributed by atoms with E-state index < -0.39 is 24.0 Å². The summed E-state index contributed by atoms with van der Waals surface area (Å²) < 4.78 is 18.0. The van der Waals surface area contributed by atoms with Crippen molar-refractivity contribution in [1.29, 1.82) is 0 Å². The maximum absolute atomic E-state index is 13.8. The number of fused-ring (bicyclic) bond motifs is 3. The first-order chi connectivity index (χ1) is 13.9. The number of nitrogens with one attached hydrogen (secondary N) is 1. The molecule has 0 atom stereocenters. The molecule has 0 spiro atoms. The van der Waals surface area contributed by atoms with Gasteiger partial charge in [-0.15, -0.1) is 16.4 Å². The van der Waals surface area contributed by atoms with Crippen molar-refractivity contribution in [2.24, 2.45) is 5.92 Å². The Labute approximate surface area is 167 Å². The topological polar surface area (TPSA) is 90.4 Å². The van der Waals surface area contributed by atoms with E-state index in [1.165, 1.54) is 38.5 Å². The van der Waals surface area contributed by atoms with Crippen molar-refractivity contribution < 1.29 is 9.18 Å². The Hall–Kier alpha value is -3.27. The highest BCUT2D eigenvalue weighted by atomic mass is 32.1. The molecule has 4 rings (SSSR count). The van der Waals surface area contributed by atoms with Gasteiger partial charge in [0.2, 0.25) is 11.7 Å². The van der Waals surface area contributed by atoms with Crippen LogP contribution in [-0.4, -0.2) is 24.7 Å². The molecule has 29 heavy (non-hydrogen) atoms. The van der Waals surface area contributed by atoms with Gasteiger partial charge >= 0.3 is 5.69 Å². The van der Waals surface area contributed by atoms with E-state index in [1.54, 1.807) is 17.5 Å². The monoisotopic (exact) mass is 415 g/mol. The van der Waals surface area contributed by atoms with E-state index in [-0.39, 0.29) is 22.9 Å². The van der Waals surface area contributed by atoms with Crippen molar-refractivity contribution >= 4 is 38.9 Å². The van der Waals surface area contributed by atoms with Crippen molar-refractivity contribution in [3.05, 3.63) is 62.4 Å². The molecule has 0 fully saturated rings. The van der Waals surface area contributed by atoms with E-state index >= 15 is 0 Å². The minimum atomic E-state index is -0.597. The van der Waals surface area contributed by atoms with Crippen molar-refractivity contribution in [3.8, 4) is 0 Å². The smallest absolute Gasteiger partial charge is 0.322 e. The zero-order valence-corrected chi connectivity index (χ0v) is 16.6. The fourth-order valence-corrected chi connectivity index (χ4v) is 3.98. The van der Waals surface area contributed by atoms with E-state index in [2.05, 4.69) is 10.4 Å². The zero-order chi connectivity index (χ0) is 20.7. The summed E-state index contributed by atoms with van der Waals surface area (Å²) in [5, 5.41) is 8.41. The van der Waals surface area contributed by atoms with Gasteiger partial charge in [-0.25, -0.2) is 18.3 Å². The van der Waals surface area contributed by atoms with Crippen LogP contribution in [0.5, 0.6) is 0 Å². The molecule has 0 saturated carbocycles. The molecule has 4 aromatic rings. The number of thiophene rings is 1. The summed E-state index contributed by atoms with van der Waals surface area (Å²) in [6.45, 7) is 3.89. The number of nitrogens with zero attached hydrogens (tertiary/aromatic N) is 4. The fraction of sp³-hybridized carbons (Fsp3) is 0.263. The van der Waals surface area contributed by atoms with Crippen LogP contribution in [0.2, 0.25) is 0 Å². The van der Waals surface area contributed by atoms with Crippen LogP contribution < -0.4 is 16.6 Å². The second kappa shape index (κ2) is 7.28. The molecule has 0 aliphatic rings. The second-order valence-corrected chi connectivity index (χ2v) is 7.96. The fourth-order valence-electron chi connectivity index (χ4n) is 3.15. The van der Waals surface area contributed by atoms with Crippen LogP contribution in [0.15, 0.2) is 45.3 Å². The van der Waals surface area contributed by atoms with Gasteiger partial charge in [0.05, 0.1) is 11.2 Å². The van der Waals surface area contributed by atoms with Gasteiger partial charge in [0.25, 0.3) is 5.56 Å². The molecule has 150 valence electrons. The molecule has 0 aliphatic carbocycles. The number of halogens is 1. The number of benzene rings is 1. The SMILES string of the molecule is CC(C)Cn1c(=O)c2sccc2n2c(=O)n(CC(=O)Nc3ccccc3F)nc12. The molecule has 0 radical (unpaired) electrons. The minimum absolute atomic E-state index is 0.0197. The Morgan fingerprint density at radius 2 is 2.00 bits per heavy atom. The normalized spacial score (nSPS) is 11.6. The molecule has 8 nitrogen and oxygen atoms in total. The maximum atomic E-state index is 13.8. The van der Waals surface area contributed by atoms with Gasteiger partial charge in [-0.05, 0) is 29.5 Å². The highest BCUT2D eigenvalue weighted by Gasteiger charge is 2.20. The lowest BCUT2D eigenvalue weighted by Gasteiger charge is -2.09. The third-order valence-corrected chi connectivity index (χ3v) is 5.27. The van der Waals surface area contributed by atoms with Crippen molar-refractivity contribution in [2.75, 3.05) is 5.32 Å². The predicted molar refractivity (Wildman–Crippen MR) is 109 cm³/mol. The molecule has 0 unspecified atom stereocenters. The first-order valence-electron chi connectivity index (χ1n) is 9.00. The predicted octanol–water partition coefficient (Wildman–Crippen LogP) is 2.31. The molecular formula is C19H18FN5O3S. The highest BCUT2D eigenvalue weighted by Crippen LogP contribution is 2.18. The van der Waals surface area contributed by atoms with E-state index in [0.717, 1.165) is 4.68 Å².